The molecule has 0 aliphatic rings. The Hall–Kier alpha value is -1.62. The number of hydrogen-bond acceptors (Lipinski definition) is 5. The third-order valence-electron chi connectivity index (χ3n) is 2.53. The number of nitrogens with zero attached hydrogens (tertiary/aromatic N) is 2. The van der Waals surface area contributed by atoms with Gasteiger partial charge in [0.05, 0.1) is 0 Å². The molecule has 1 atom stereocenters. The van der Waals surface area contributed by atoms with Crippen molar-refractivity contribution in [2.75, 3.05) is 5.32 Å². The summed E-state index contributed by atoms with van der Waals surface area (Å²) in [7, 11) is 0. The number of aromatic hydroxyl groups is 1. The van der Waals surface area contributed by atoms with E-state index in [-0.39, 0.29) is 0 Å². The molecule has 0 saturated carbocycles. The molecule has 0 aliphatic carbocycles. The lowest BCUT2D eigenvalue weighted by atomic mass is 10.1. The molecule has 0 bridgehead atoms. The van der Waals surface area contributed by atoms with Crippen LogP contribution >= 0.6 is 11.3 Å². The highest BCUT2D eigenvalue weighted by Crippen LogP contribution is 2.14. The van der Waals surface area contributed by atoms with E-state index in [1.165, 1.54) is 16.9 Å². The monoisotopic (exact) mass is 249 g/mol. The quantitative estimate of drug-likeness (QED) is 0.855. The van der Waals surface area contributed by atoms with Crippen molar-refractivity contribution in [3.63, 3.8) is 0 Å². The lowest BCUT2D eigenvalue weighted by Gasteiger charge is -2.12. The van der Waals surface area contributed by atoms with E-state index < -0.39 is 0 Å². The van der Waals surface area contributed by atoms with Gasteiger partial charge in [-0.2, -0.15) is 0 Å². The number of nitrogens with one attached hydrogen (secondary N) is 1. The van der Waals surface area contributed by atoms with Gasteiger partial charge >= 0.3 is 0 Å². The summed E-state index contributed by atoms with van der Waals surface area (Å²) in [5, 5.41) is 21.1. The number of aromatic nitrogens is 2. The maximum atomic E-state index is 9.18. The molecule has 2 aromatic rings. The van der Waals surface area contributed by atoms with Crippen LogP contribution in [0.4, 0.5) is 5.13 Å². The number of aryl methyl sites for hydroxylation is 1. The number of benzene rings is 1. The molecule has 1 aromatic carbocycles. The summed E-state index contributed by atoms with van der Waals surface area (Å²) in [5.41, 5.74) is 2.95. The molecular formula is C12H15N3OS. The standard InChI is InChI=1S/C12H15N3OS/c1-9(14-12-15-13-8-17-12)2-3-10-4-6-11(16)7-5-10/h4-9,16H,2-3H2,1H3,(H,14,15). The van der Waals surface area contributed by atoms with Crippen molar-refractivity contribution in [3.05, 3.63) is 35.3 Å². The largest absolute Gasteiger partial charge is 0.508 e. The first-order chi connectivity index (χ1) is 8.24. The Morgan fingerprint density at radius 2 is 2.12 bits per heavy atom. The summed E-state index contributed by atoms with van der Waals surface area (Å²) in [6.45, 7) is 2.13. The van der Waals surface area contributed by atoms with E-state index in [1.54, 1.807) is 17.6 Å². The first kappa shape index (κ1) is 11.9. The minimum Gasteiger partial charge on any atom is -0.508 e. The smallest absolute Gasteiger partial charge is 0.205 e. The molecule has 17 heavy (non-hydrogen) atoms. The maximum absolute atomic E-state index is 9.18. The lowest BCUT2D eigenvalue weighted by Crippen LogP contribution is -2.15. The number of phenolic OH excluding ortho intramolecular Hbond substituents is 1. The minimum absolute atomic E-state index is 0.314. The molecule has 0 aliphatic heterocycles. The summed E-state index contributed by atoms with van der Waals surface area (Å²) >= 11 is 1.51. The second-order valence-corrected chi connectivity index (χ2v) is 4.83. The van der Waals surface area contributed by atoms with Crippen LogP contribution in [0.15, 0.2) is 29.8 Å². The third kappa shape index (κ3) is 3.71. The van der Waals surface area contributed by atoms with Crippen molar-refractivity contribution in [1.29, 1.82) is 0 Å². The van der Waals surface area contributed by atoms with Crippen LogP contribution in [-0.4, -0.2) is 21.3 Å². The molecule has 0 radical (unpaired) electrons. The van der Waals surface area contributed by atoms with E-state index in [0.29, 0.717) is 11.8 Å². The first-order valence-electron chi connectivity index (χ1n) is 5.54. The molecule has 90 valence electrons. The van der Waals surface area contributed by atoms with Gasteiger partial charge in [0.1, 0.15) is 11.3 Å². The molecule has 1 unspecified atom stereocenters. The van der Waals surface area contributed by atoms with E-state index in [1.807, 2.05) is 12.1 Å². The number of anilines is 1. The van der Waals surface area contributed by atoms with Gasteiger partial charge in [-0.05, 0) is 37.5 Å². The Morgan fingerprint density at radius 1 is 1.35 bits per heavy atom. The van der Waals surface area contributed by atoms with Gasteiger partial charge in [-0.25, -0.2) is 0 Å². The molecule has 4 nitrogen and oxygen atoms in total. The predicted octanol–water partition coefficient (Wildman–Crippen LogP) is 2.68. The van der Waals surface area contributed by atoms with Crippen LogP contribution in [0.25, 0.3) is 0 Å². The normalized spacial score (nSPS) is 12.3. The Kier molecular flexibility index (Phi) is 3.93. The molecule has 5 heteroatoms. The summed E-state index contributed by atoms with van der Waals surface area (Å²) in [4.78, 5) is 0. The zero-order chi connectivity index (χ0) is 12.1. The molecular weight excluding hydrogens is 234 g/mol. The Labute approximate surface area is 104 Å². The summed E-state index contributed by atoms with van der Waals surface area (Å²) in [6.07, 6.45) is 2.00. The predicted molar refractivity (Wildman–Crippen MR) is 69.4 cm³/mol. The van der Waals surface area contributed by atoms with Crippen molar-refractivity contribution >= 4 is 16.5 Å². The van der Waals surface area contributed by atoms with Gasteiger partial charge in [0.2, 0.25) is 5.13 Å². The highest BCUT2D eigenvalue weighted by molar-refractivity contribution is 7.13. The molecule has 1 aromatic heterocycles. The Bertz CT molecular complexity index is 441. The van der Waals surface area contributed by atoms with Gasteiger partial charge < -0.3 is 10.4 Å². The highest BCUT2D eigenvalue weighted by Gasteiger charge is 2.04. The maximum Gasteiger partial charge on any atom is 0.205 e. The SMILES string of the molecule is CC(CCc1ccc(O)cc1)Nc1nncs1. The van der Waals surface area contributed by atoms with Gasteiger partial charge in [0.15, 0.2) is 0 Å². The van der Waals surface area contributed by atoms with Crippen LogP contribution in [0.2, 0.25) is 0 Å². The number of hydrogen-bond donors (Lipinski definition) is 2. The van der Waals surface area contributed by atoms with Crippen molar-refractivity contribution in [2.24, 2.45) is 0 Å². The fraction of sp³-hybridized carbons (Fsp3) is 0.333. The summed E-state index contributed by atoms with van der Waals surface area (Å²) in [5.74, 6) is 0.314. The van der Waals surface area contributed by atoms with Gasteiger partial charge in [-0.3, -0.25) is 0 Å². The van der Waals surface area contributed by atoms with Crippen molar-refractivity contribution in [3.8, 4) is 5.75 Å². The fourth-order valence-electron chi connectivity index (χ4n) is 1.56. The van der Waals surface area contributed by atoms with Crippen LogP contribution in [-0.2, 0) is 6.42 Å². The second kappa shape index (κ2) is 5.63. The molecule has 0 fully saturated rings. The van der Waals surface area contributed by atoms with E-state index in [9.17, 15) is 5.11 Å². The number of rotatable bonds is 5. The highest BCUT2D eigenvalue weighted by atomic mass is 32.1. The molecule has 1 heterocycles. The van der Waals surface area contributed by atoms with Crippen molar-refractivity contribution < 1.29 is 5.11 Å². The zero-order valence-corrected chi connectivity index (χ0v) is 10.4. The van der Waals surface area contributed by atoms with E-state index in [2.05, 4.69) is 22.4 Å². The average Bonchev–Trinajstić information content (AvgIpc) is 2.81. The Morgan fingerprint density at radius 3 is 2.76 bits per heavy atom. The lowest BCUT2D eigenvalue weighted by molar-refractivity contribution is 0.475. The van der Waals surface area contributed by atoms with Crippen LogP contribution in [0.5, 0.6) is 5.75 Å². The van der Waals surface area contributed by atoms with Crippen LogP contribution in [0.3, 0.4) is 0 Å². The molecule has 0 spiro atoms. The van der Waals surface area contributed by atoms with Gasteiger partial charge in [-0.1, -0.05) is 23.5 Å². The summed E-state index contributed by atoms with van der Waals surface area (Å²) < 4.78 is 0. The van der Waals surface area contributed by atoms with E-state index in [0.717, 1.165) is 18.0 Å². The van der Waals surface area contributed by atoms with E-state index >= 15 is 0 Å². The average molecular weight is 249 g/mol. The second-order valence-electron chi connectivity index (χ2n) is 3.99. The summed E-state index contributed by atoms with van der Waals surface area (Å²) in [6, 6.07) is 7.70. The number of phenols is 1. The minimum atomic E-state index is 0.314. The molecule has 2 rings (SSSR count). The third-order valence-corrected chi connectivity index (χ3v) is 3.15. The Balaban J connectivity index is 1.79. The van der Waals surface area contributed by atoms with Crippen LogP contribution < -0.4 is 5.32 Å². The zero-order valence-electron chi connectivity index (χ0n) is 9.63. The van der Waals surface area contributed by atoms with Crippen LogP contribution in [0, 0.1) is 0 Å². The van der Waals surface area contributed by atoms with Crippen molar-refractivity contribution in [2.45, 2.75) is 25.8 Å². The van der Waals surface area contributed by atoms with Crippen molar-refractivity contribution in [1.82, 2.24) is 10.2 Å². The molecule has 0 amide bonds. The van der Waals surface area contributed by atoms with Gasteiger partial charge in [0.25, 0.3) is 0 Å². The molecule has 2 N–H and O–H groups in total. The van der Waals surface area contributed by atoms with Gasteiger partial charge in [-0.15, -0.1) is 10.2 Å². The first-order valence-corrected chi connectivity index (χ1v) is 6.42. The topological polar surface area (TPSA) is 58.0 Å². The van der Waals surface area contributed by atoms with Gasteiger partial charge in [0, 0.05) is 6.04 Å². The fourth-order valence-corrected chi connectivity index (χ4v) is 2.12. The molecule has 0 saturated heterocycles. The van der Waals surface area contributed by atoms with E-state index in [4.69, 9.17) is 0 Å². The van der Waals surface area contributed by atoms with Crippen LogP contribution in [0.1, 0.15) is 18.9 Å².